The van der Waals surface area contributed by atoms with Crippen LogP contribution in [0.15, 0.2) is 48.7 Å². The number of fused-ring (bicyclic) bond motifs is 1. The lowest BCUT2D eigenvalue weighted by atomic mass is 10.2. The highest BCUT2D eigenvalue weighted by atomic mass is 31.2. The minimum absolute atomic E-state index is 0.00191. The van der Waals surface area contributed by atoms with Crippen molar-refractivity contribution in [2.75, 3.05) is 12.4 Å². The van der Waals surface area contributed by atoms with Gasteiger partial charge in [-0.3, -0.25) is 4.57 Å². The van der Waals surface area contributed by atoms with Crippen molar-refractivity contribution in [3.8, 4) is 5.75 Å². The number of ether oxygens (including phenoxy) is 1. The summed E-state index contributed by atoms with van der Waals surface area (Å²) >= 11 is 0. The first kappa shape index (κ1) is 16.4. The normalized spacial score (nSPS) is 11.5. The van der Waals surface area contributed by atoms with Crippen molar-refractivity contribution in [1.29, 1.82) is 0 Å². The van der Waals surface area contributed by atoms with Crippen LogP contribution in [0.4, 0.5) is 5.95 Å². The molecule has 0 aliphatic heterocycles. The fourth-order valence-electron chi connectivity index (χ4n) is 2.27. The van der Waals surface area contributed by atoms with Crippen LogP contribution in [0.5, 0.6) is 5.75 Å². The molecule has 1 heterocycles. The van der Waals surface area contributed by atoms with Gasteiger partial charge in [0.15, 0.2) is 0 Å². The minimum atomic E-state index is -4.21. The number of benzene rings is 2. The number of para-hydroxylation sites is 1. The number of nitrogens with zero attached hydrogens (tertiary/aromatic N) is 2. The number of anilines is 1. The lowest BCUT2D eigenvalue weighted by molar-refractivity contribution is 0.387. The van der Waals surface area contributed by atoms with Gasteiger partial charge in [-0.05, 0) is 23.8 Å². The molecule has 0 aliphatic carbocycles. The average molecular weight is 345 g/mol. The quantitative estimate of drug-likeness (QED) is 0.608. The van der Waals surface area contributed by atoms with E-state index < -0.39 is 7.60 Å². The van der Waals surface area contributed by atoms with Crippen LogP contribution in [0.25, 0.3) is 10.9 Å². The predicted molar refractivity (Wildman–Crippen MR) is 91.5 cm³/mol. The highest BCUT2D eigenvalue weighted by Gasteiger charge is 2.16. The molecule has 0 spiro atoms. The summed E-state index contributed by atoms with van der Waals surface area (Å²) in [5.41, 5.74) is 1.57. The van der Waals surface area contributed by atoms with Gasteiger partial charge in [0.2, 0.25) is 5.95 Å². The molecule has 0 saturated carbocycles. The molecule has 3 rings (SSSR count). The zero-order chi connectivity index (χ0) is 17.2. The maximum atomic E-state index is 11.2. The van der Waals surface area contributed by atoms with Crippen LogP contribution in [0, 0.1) is 0 Å². The number of hydrogen-bond acceptors (Lipinski definition) is 5. The second-order valence-corrected chi connectivity index (χ2v) is 6.76. The van der Waals surface area contributed by atoms with Crippen LogP contribution < -0.4 is 15.4 Å². The standard InChI is InChI=1S/C16H16N3O4P/c1-23-14-4-2-3-12-10-18-16(19-15(12)14)17-9-11-5-7-13(8-6-11)24(20,21)22/h2-8,10H,9H2,1H3,(H,17,18,19)(H2,20,21,22). The molecule has 0 saturated heterocycles. The third-order valence-electron chi connectivity index (χ3n) is 3.52. The first-order chi connectivity index (χ1) is 11.5. The van der Waals surface area contributed by atoms with E-state index >= 15 is 0 Å². The molecule has 2 aromatic carbocycles. The molecular formula is C16H16N3O4P. The molecule has 1 aromatic heterocycles. The van der Waals surface area contributed by atoms with E-state index in [0.717, 1.165) is 10.9 Å². The van der Waals surface area contributed by atoms with Crippen LogP contribution in [-0.2, 0) is 11.1 Å². The summed E-state index contributed by atoms with van der Waals surface area (Å²) in [6, 6.07) is 11.8. The topological polar surface area (TPSA) is 105 Å². The Balaban J connectivity index is 1.77. The smallest absolute Gasteiger partial charge is 0.356 e. The summed E-state index contributed by atoms with van der Waals surface area (Å²) in [7, 11) is -2.62. The van der Waals surface area contributed by atoms with Crippen LogP contribution in [0.1, 0.15) is 5.56 Å². The van der Waals surface area contributed by atoms with Crippen LogP contribution >= 0.6 is 7.60 Å². The van der Waals surface area contributed by atoms with E-state index in [2.05, 4.69) is 15.3 Å². The van der Waals surface area contributed by atoms with E-state index in [4.69, 9.17) is 14.5 Å². The fourth-order valence-corrected chi connectivity index (χ4v) is 2.81. The van der Waals surface area contributed by atoms with E-state index in [1.165, 1.54) is 12.1 Å². The van der Waals surface area contributed by atoms with E-state index in [-0.39, 0.29) is 5.30 Å². The summed E-state index contributed by atoms with van der Waals surface area (Å²) in [4.78, 5) is 26.9. The number of aromatic nitrogens is 2. The Morgan fingerprint density at radius 3 is 2.58 bits per heavy atom. The monoisotopic (exact) mass is 345 g/mol. The van der Waals surface area contributed by atoms with Crippen molar-refractivity contribution >= 4 is 29.8 Å². The SMILES string of the molecule is COc1cccc2cnc(NCc3ccc(P(=O)(O)O)cc3)nc12. The third kappa shape index (κ3) is 3.54. The van der Waals surface area contributed by atoms with E-state index in [1.807, 2.05) is 18.2 Å². The maximum Gasteiger partial charge on any atom is 0.356 e. The molecule has 0 amide bonds. The molecule has 0 atom stereocenters. The van der Waals surface area contributed by atoms with Crippen molar-refractivity contribution in [2.24, 2.45) is 0 Å². The van der Waals surface area contributed by atoms with Crippen LogP contribution in [0.2, 0.25) is 0 Å². The molecule has 0 bridgehead atoms. The molecule has 0 unspecified atom stereocenters. The van der Waals surface area contributed by atoms with Gasteiger partial charge in [0.05, 0.1) is 12.4 Å². The van der Waals surface area contributed by atoms with E-state index in [1.54, 1.807) is 25.4 Å². The van der Waals surface area contributed by atoms with Gasteiger partial charge in [-0.25, -0.2) is 9.97 Å². The van der Waals surface area contributed by atoms with Gasteiger partial charge >= 0.3 is 7.60 Å². The Labute approximate surface area is 138 Å². The van der Waals surface area contributed by atoms with Crippen LogP contribution in [-0.4, -0.2) is 26.9 Å². The highest BCUT2D eigenvalue weighted by molar-refractivity contribution is 7.60. The number of rotatable bonds is 5. The first-order valence-corrected chi connectivity index (χ1v) is 8.77. The number of methoxy groups -OCH3 is 1. The zero-order valence-corrected chi connectivity index (χ0v) is 13.8. The minimum Gasteiger partial charge on any atom is -0.494 e. The molecule has 3 N–H and O–H groups in total. The highest BCUT2D eigenvalue weighted by Crippen LogP contribution is 2.32. The molecule has 7 nitrogen and oxygen atoms in total. The predicted octanol–water partition coefficient (Wildman–Crippen LogP) is 2.05. The van der Waals surface area contributed by atoms with Gasteiger partial charge in [-0.2, -0.15) is 0 Å². The van der Waals surface area contributed by atoms with Crippen LogP contribution in [0.3, 0.4) is 0 Å². The lowest BCUT2D eigenvalue weighted by Crippen LogP contribution is -2.07. The molecule has 0 fully saturated rings. The largest absolute Gasteiger partial charge is 0.494 e. The fraction of sp³-hybridized carbons (Fsp3) is 0.125. The van der Waals surface area contributed by atoms with Crippen molar-refractivity contribution in [3.63, 3.8) is 0 Å². The second kappa shape index (κ2) is 6.57. The maximum absolute atomic E-state index is 11.2. The number of hydrogen-bond donors (Lipinski definition) is 3. The van der Waals surface area contributed by atoms with Crippen molar-refractivity contribution in [2.45, 2.75) is 6.54 Å². The summed E-state index contributed by atoms with van der Waals surface area (Å²) in [5.74, 6) is 1.12. The Morgan fingerprint density at radius 1 is 1.17 bits per heavy atom. The third-order valence-corrected chi connectivity index (χ3v) is 4.49. The van der Waals surface area contributed by atoms with Crippen molar-refractivity contribution < 1.29 is 19.1 Å². The Morgan fingerprint density at radius 2 is 1.92 bits per heavy atom. The molecule has 124 valence electrons. The molecular weight excluding hydrogens is 329 g/mol. The van der Waals surface area contributed by atoms with Gasteiger partial charge in [0, 0.05) is 18.1 Å². The van der Waals surface area contributed by atoms with Gasteiger partial charge < -0.3 is 19.8 Å². The van der Waals surface area contributed by atoms with E-state index in [0.29, 0.717) is 23.8 Å². The average Bonchev–Trinajstić information content (AvgIpc) is 2.59. The molecule has 3 aromatic rings. The summed E-state index contributed by atoms with van der Waals surface area (Å²) in [5, 5.41) is 3.97. The summed E-state index contributed by atoms with van der Waals surface area (Å²) in [6.07, 6.45) is 1.71. The second-order valence-electron chi connectivity index (χ2n) is 5.16. The number of nitrogens with one attached hydrogen (secondary N) is 1. The van der Waals surface area contributed by atoms with Gasteiger partial charge in [0.25, 0.3) is 0 Å². The molecule has 0 aliphatic rings. The van der Waals surface area contributed by atoms with Gasteiger partial charge in [0.1, 0.15) is 11.3 Å². The zero-order valence-electron chi connectivity index (χ0n) is 12.9. The summed E-state index contributed by atoms with van der Waals surface area (Å²) in [6.45, 7) is 0.433. The first-order valence-electron chi connectivity index (χ1n) is 7.16. The van der Waals surface area contributed by atoms with Crippen molar-refractivity contribution in [1.82, 2.24) is 9.97 Å². The molecule has 24 heavy (non-hydrogen) atoms. The summed E-state index contributed by atoms with van der Waals surface area (Å²) < 4.78 is 16.5. The molecule has 8 heteroatoms. The Hall–Kier alpha value is -2.47. The van der Waals surface area contributed by atoms with Crippen molar-refractivity contribution in [3.05, 3.63) is 54.2 Å². The van der Waals surface area contributed by atoms with Gasteiger partial charge in [-0.1, -0.05) is 24.3 Å². The van der Waals surface area contributed by atoms with E-state index in [9.17, 15) is 4.57 Å². The Bertz CT molecular complexity index is 909. The molecule has 0 radical (unpaired) electrons. The Kier molecular flexibility index (Phi) is 4.49. The lowest BCUT2D eigenvalue weighted by Gasteiger charge is -2.09. The van der Waals surface area contributed by atoms with Gasteiger partial charge in [-0.15, -0.1) is 0 Å².